The number of halogens is 1. The Morgan fingerprint density at radius 1 is 1.05 bits per heavy atom. The summed E-state index contributed by atoms with van der Waals surface area (Å²) in [5.41, 5.74) is 0.932. The van der Waals surface area contributed by atoms with E-state index in [4.69, 9.17) is 16.3 Å². The number of hydrogen-bond acceptors (Lipinski definition) is 7. The Labute approximate surface area is 218 Å². The largest absolute Gasteiger partial charge is 0.505 e. The van der Waals surface area contributed by atoms with Gasteiger partial charge < -0.3 is 15.2 Å². The van der Waals surface area contributed by atoms with Crippen LogP contribution in [0.25, 0.3) is 10.8 Å². The Morgan fingerprint density at radius 3 is 2.43 bits per heavy atom. The number of hydrogen-bond donors (Lipinski definition) is 3. The molecule has 4 rings (SSSR count). The molecule has 0 spiro atoms. The monoisotopic (exact) mass is 539 g/mol. The van der Waals surface area contributed by atoms with Gasteiger partial charge in [0.25, 0.3) is 16.0 Å². The van der Waals surface area contributed by atoms with Crippen LogP contribution in [0.15, 0.2) is 81.9 Å². The number of benzene rings is 4. The van der Waals surface area contributed by atoms with Crippen LogP contribution < -0.4 is 10.1 Å². The lowest BCUT2D eigenvalue weighted by Crippen LogP contribution is -2.12. The van der Waals surface area contributed by atoms with E-state index in [0.717, 1.165) is 12.1 Å². The molecule has 0 aliphatic heterocycles. The second kappa shape index (κ2) is 10.6. The van der Waals surface area contributed by atoms with Crippen LogP contribution in [0.5, 0.6) is 11.5 Å². The highest BCUT2D eigenvalue weighted by atomic mass is 35.5. The molecule has 0 saturated carbocycles. The minimum Gasteiger partial charge on any atom is -0.505 e. The van der Waals surface area contributed by atoms with E-state index in [1.54, 1.807) is 55.5 Å². The number of nitrogens with zero attached hydrogens (tertiary/aromatic N) is 2. The standard InChI is InChI=1S/C26H22ClN3O6S/c1-3-36-18-10-8-17(9-11-18)28-26(32)21-12-16-6-4-5-7-20(16)24(25(21)31)30-29-23-14-19(37(33,34)35)13-22(27)15(23)2/h4-14,31H,3H2,1-2H3,(H,28,32)(H,33,34,35). The van der Waals surface area contributed by atoms with Gasteiger partial charge in [-0.05, 0) is 67.3 Å². The first-order chi connectivity index (χ1) is 17.6. The van der Waals surface area contributed by atoms with E-state index in [1.807, 2.05) is 6.92 Å². The summed E-state index contributed by atoms with van der Waals surface area (Å²) in [5.74, 6) is -0.331. The smallest absolute Gasteiger partial charge is 0.294 e. The Balaban J connectivity index is 1.76. The number of carbonyl (C=O) groups excluding carboxylic acids is 1. The first-order valence-electron chi connectivity index (χ1n) is 11.1. The van der Waals surface area contributed by atoms with Crippen LogP contribution in [-0.2, 0) is 10.1 Å². The predicted octanol–water partition coefficient (Wildman–Crippen LogP) is 6.82. The molecule has 0 radical (unpaired) electrons. The third-order valence-corrected chi connectivity index (χ3v) is 6.73. The van der Waals surface area contributed by atoms with Crippen LogP contribution in [0.4, 0.5) is 17.1 Å². The Bertz CT molecular complexity index is 1640. The van der Waals surface area contributed by atoms with Gasteiger partial charge in [0.05, 0.1) is 22.8 Å². The topological polar surface area (TPSA) is 138 Å². The number of carbonyl (C=O) groups is 1. The Kier molecular flexibility index (Phi) is 7.44. The molecule has 0 fully saturated rings. The van der Waals surface area contributed by atoms with Gasteiger partial charge in [0.2, 0.25) is 0 Å². The number of rotatable bonds is 7. The van der Waals surface area contributed by atoms with Crippen molar-refractivity contribution in [2.45, 2.75) is 18.7 Å². The molecule has 0 unspecified atom stereocenters. The zero-order valence-electron chi connectivity index (χ0n) is 19.8. The van der Waals surface area contributed by atoms with Crippen LogP contribution in [0.3, 0.4) is 0 Å². The van der Waals surface area contributed by atoms with Gasteiger partial charge in [-0.15, -0.1) is 5.11 Å². The lowest BCUT2D eigenvalue weighted by atomic mass is 10.0. The molecule has 190 valence electrons. The molecule has 0 saturated heterocycles. The molecule has 1 amide bonds. The molecule has 9 nitrogen and oxygen atoms in total. The van der Waals surface area contributed by atoms with Gasteiger partial charge in [-0.1, -0.05) is 35.9 Å². The molecule has 0 aliphatic carbocycles. The molecular weight excluding hydrogens is 518 g/mol. The second-order valence-corrected chi connectivity index (χ2v) is 9.81. The molecule has 0 atom stereocenters. The van der Waals surface area contributed by atoms with Gasteiger partial charge in [0, 0.05) is 16.1 Å². The fourth-order valence-electron chi connectivity index (χ4n) is 3.59. The first kappa shape index (κ1) is 26.1. The first-order valence-corrected chi connectivity index (χ1v) is 12.9. The number of ether oxygens (including phenoxy) is 1. The van der Waals surface area contributed by atoms with Gasteiger partial charge in [0.15, 0.2) is 5.75 Å². The van der Waals surface area contributed by atoms with E-state index in [0.29, 0.717) is 34.4 Å². The maximum Gasteiger partial charge on any atom is 0.294 e. The summed E-state index contributed by atoms with van der Waals surface area (Å²) in [7, 11) is -4.54. The predicted molar refractivity (Wildman–Crippen MR) is 141 cm³/mol. The van der Waals surface area contributed by atoms with E-state index in [1.165, 1.54) is 6.07 Å². The van der Waals surface area contributed by atoms with Crippen molar-refractivity contribution >= 4 is 55.5 Å². The number of phenols is 1. The summed E-state index contributed by atoms with van der Waals surface area (Å²) in [4.78, 5) is 12.6. The average Bonchev–Trinajstić information content (AvgIpc) is 2.86. The van der Waals surface area contributed by atoms with Crippen LogP contribution in [0, 0.1) is 6.92 Å². The minimum atomic E-state index is -4.54. The van der Waals surface area contributed by atoms with Gasteiger partial charge in [0.1, 0.15) is 11.4 Å². The zero-order valence-corrected chi connectivity index (χ0v) is 21.3. The van der Waals surface area contributed by atoms with E-state index in [2.05, 4.69) is 15.5 Å². The highest BCUT2D eigenvalue weighted by Crippen LogP contribution is 2.40. The number of anilines is 1. The van der Waals surface area contributed by atoms with Gasteiger partial charge >= 0.3 is 0 Å². The van der Waals surface area contributed by atoms with Crippen LogP contribution >= 0.6 is 11.6 Å². The maximum absolute atomic E-state index is 13.1. The van der Waals surface area contributed by atoms with Crippen molar-refractivity contribution < 1.29 is 27.6 Å². The maximum atomic E-state index is 13.1. The van der Waals surface area contributed by atoms with Crippen molar-refractivity contribution in [2.24, 2.45) is 10.2 Å². The quantitative estimate of drug-likeness (QED) is 0.174. The van der Waals surface area contributed by atoms with Crippen LogP contribution in [0.2, 0.25) is 5.02 Å². The summed E-state index contributed by atoms with van der Waals surface area (Å²) < 4.78 is 38.0. The van der Waals surface area contributed by atoms with Crippen molar-refractivity contribution in [3.8, 4) is 11.5 Å². The van der Waals surface area contributed by atoms with Gasteiger partial charge in [-0.2, -0.15) is 13.5 Å². The molecule has 0 bridgehead atoms. The third-order valence-electron chi connectivity index (χ3n) is 5.51. The molecular formula is C26H22ClN3O6S. The number of aromatic hydroxyl groups is 1. The van der Waals surface area contributed by atoms with E-state index in [-0.39, 0.29) is 22.0 Å². The molecule has 37 heavy (non-hydrogen) atoms. The highest BCUT2D eigenvalue weighted by Gasteiger charge is 2.19. The summed E-state index contributed by atoms with van der Waals surface area (Å²) >= 11 is 6.12. The third kappa shape index (κ3) is 5.72. The van der Waals surface area contributed by atoms with E-state index < -0.39 is 26.7 Å². The van der Waals surface area contributed by atoms with Gasteiger partial charge in [-0.3, -0.25) is 9.35 Å². The average molecular weight is 540 g/mol. The molecule has 4 aromatic rings. The number of amides is 1. The second-order valence-electron chi connectivity index (χ2n) is 7.98. The van der Waals surface area contributed by atoms with Gasteiger partial charge in [-0.25, -0.2) is 0 Å². The molecule has 0 heterocycles. The molecule has 0 aromatic heterocycles. The summed E-state index contributed by atoms with van der Waals surface area (Å²) in [6.45, 7) is 3.98. The normalized spacial score (nSPS) is 11.7. The van der Waals surface area contributed by atoms with Crippen molar-refractivity contribution in [1.29, 1.82) is 0 Å². The molecule has 0 aliphatic rings. The van der Waals surface area contributed by atoms with Crippen LogP contribution in [-0.4, -0.2) is 30.6 Å². The summed E-state index contributed by atoms with van der Waals surface area (Å²) in [5, 5.41) is 23.2. The summed E-state index contributed by atoms with van der Waals surface area (Å²) in [6.07, 6.45) is 0. The fraction of sp³-hybridized carbons (Fsp3) is 0.115. The zero-order chi connectivity index (χ0) is 26.7. The lowest BCUT2D eigenvalue weighted by Gasteiger charge is -2.12. The minimum absolute atomic E-state index is 0.00252. The van der Waals surface area contributed by atoms with Crippen molar-refractivity contribution in [3.63, 3.8) is 0 Å². The lowest BCUT2D eigenvalue weighted by molar-refractivity contribution is 0.102. The van der Waals surface area contributed by atoms with Crippen molar-refractivity contribution in [1.82, 2.24) is 0 Å². The summed E-state index contributed by atoms with van der Waals surface area (Å²) in [6, 6.07) is 17.5. The van der Waals surface area contributed by atoms with Crippen molar-refractivity contribution in [3.05, 3.63) is 82.9 Å². The molecule has 4 aromatic carbocycles. The highest BCUT2D eigenvalue weighted by molar-refractivity contribution is 7.85. The molecule has 3 N–H and O–H groups in total. The van der Waals surface area contributed by atoms with Crippen LogP contribution in [0.1, 0.15) is 22.8 Å². The SMILES string of the molecule is CCOc1ccc(NC(=O)c2cc3ccccc3c(N=Nc3cc(S(=O)(=O)O)cc(Cl)c3C)c2O)cc1. The Morgan fingerprint density at radius 2 is 1.76 bits per heavy atom. The Hall–Kier alpha value is -3.99. The number of fused-ring (bicyclic) bond motifs is 1. The number of nitrogens with one attached hydrogen (secondary N) is 1. The van der Waals surface area contributed by atoms with Crippen molar-refractivity contribution in [2.75, 3.05) is 11.9 Å². The van der Waals surface area contributed by atoms with E-state index >= 15 is 0 Å². The van der Waals surface area contributed by atoms with E-state index in [9.17, 15) is 22.9 Å². The fourth-order valence-corrected chi connectivity index (χ4v) is 4.39. The number of azo groups is 1. The molecule has 11 heteroatoms. The number of phenolic OH excluding ortho intramolecular Hbond substituents is 1.